The minimum absolute atomic E-state index is 0.0304. The van der Waals surface area contributed by atoms with Gasteiger partial charge in [-0.05, 0) is 18.2 Å². The average molecular weight is 345 g/mol. The van der Waals surface area contributed by atoms with Gasteiger partial charge in [0.15, 0.2) is 0 Å². The molecule has 0 aliphatic carbocycles. The van der Waals surface area contributed by atoms with E-state index in [1.807, 2.05) is 6.07 Å². The number of benzene rings is 1. The van der Waals surface area contributed by atoms with Crippen molar-refractivity contribution < 1.29 is 13.6 Å². The first-order valence-corrected chi connectivity index (χ1v) is 7.37. The summed E-state index contributed by atoms with van der Waals surface area (Å²) in [5.41, 5.74) is 11.6. The predicted molar refractivity (Wildman–Crippen MR) is 87.5 cm³/mol. The number of aromatic nitrogens is 1. The number of nitrogens with two attached hydrogens (primary N) is 2. The highest BCUT2D eigenvalue weighted by Crippen LogP contribution is 2.34. The lowest BCUT2D eigenvalue weighted by Gasteiger charge is -2.05. The maximum atomic E-state index is 13.6. The number of halogens is 2. The number of nitriles is 1. The van der Waals surface area contributed by atoms with E-state index in [-0.39, 0.29) is 27.6 Å². The molecule has 120 valence electrons. The third-order valence-corrected chi connectivity index (χ3v) is 4.37. The number of fused-ring (bicyclic) bond motifs is 1. The van der Waals surface area contributed by atoms with Gasteiger partial charge in [0.25, 0.3) is 5.91 Å². The summed E-state index contributed by atoms with van der Waals surface area (Å²) in [5, 5.41) is 11.7. The number of rotatable bonds is 2. The summed E-state index contributed by atoms with van der Waals surface area (Å²) >= 11 is 0.960. The third kappa shape index (κ3) is 2.59. The number of hydrogen-bond donors (Lipinski definition) is 3. The first-order chi connectivity index (χ1) is 11.4. The van der Waals surface area contributed by atoms with Gasteiger partial charge in [0.2, 0.25) is 0 Å². The van der Waals surface area contributed by atoms with Crippen LogP contribution in [0.2, 0.25) is 0 Å². The number of nitrogen functional groups attached to an aromatic ring is 2. The molecule has 3 aromatic rings. The molecular formula is C15H9F2N5OS. The minimum Gasteiger partial charge on any atom is -0.397 e. The van der Waals surface area contributed by atoms with Gasteiger partial charge in [-0.15, -0.1) is 11.3 Å². The van der Waals surface area contributed by atoms with Crippen molar-refractivity contribution in [2.75, 3.05) is 16.8 Å². The van der Waals surface area contributed by atoms with Crippen molar-refractivity contribution in [2.24, 2.45) is 0 Å². The molecule has 0 saturated carbocycles. The fraction of sp³-hybridized carbons (Fsp3) is 0. The second-order valence-electron chi connectivity index (χ2n) is 4.81. The Morgan fingerprint density at radius 1 is 1.29 bits per heavy atom. The van der Waals surface area contributed by atoms with Crippen LogP contribution >= 0.6 is 11.3 Å². The molecule has 6 nitrogen and oxygen atoms in total. The van der Waals surface area contributed by atoms with Gasteiger partial charge in [0, 0.05) is 11.5 Å². The van der Waals surface area contributed by atoms with E-state index in [1.54, 1.807) is 0 Å². The van der Waals surface area contributed by atoms with E-state index in [0.717, 1.165) is 23.5 Å². The van der Waals surface area contributed by atoms with Gasteiger partial charge in [0.1, 0.15) is 33.2 Å². The zero-order chi connectivity index (χ0) is 17.4. The van der Waals surface area contributed by atoms with Gasteiger partial charge in [-0.3, -0.25) is 4.79 Å². The third-order valence-electron chi connectivity index (χ3n) is 3.26. The van der Waals surface area contributed by atoms with Crippen LogP contribution in [0.5, 0.6) is 0 Å². The maximum absolute atomic E-state index is 13.6. The van der Waals surface area contributed by atoms with E-state index >= 15 is 0 Å². The molecular weight excluding hydrogens is 336 g/mol. The fourth-order valence-corrected chi connectivity index (χ4v) is 3.06. The Hall–Kier alpha value is -3.25. The molecule has 3 rings (SSSR count). The van der Waals surface area contributed by atoms with Crippen molar-refractivity contribution in [1.29, 1.82) is 5.26 Å². The van der Waals surface area contributed by atoms with Crippen LogP contribution in [0, 0.1) is 23.0 Å². The molecule has 0 aliphatic heterocycles. The smallest absolute Gasteiger partial charge is 0.268 e. The molecule has 0 radical (unpaired) electrons. The van der Waals surface area contributed by atoms with E-state index < -0.39 is 17.5 Å². The molecule has 0 unspecified atom stereocenters. The van der Waals surface area contributed by atoms with E-state index in [1.165, 1.54) is 6.07 Å². The Morgan fingerprint density at radius 2 is 2.04 bits per heavy atom. The largest absolute Gasteiger partial charge is 0.397 e. The lowest BCUT2D eigenvalue weighted by Crippen LogP contribution is -2.13. The second-order valence-corrected chi connectivity index (χ2v) is 5.81. The van der Waals surface area contributed by atoms with Crippen molar-refractivity contribution in [2.45, 2.75) is 0 Å². The van der Waals surface area contributed by atoms with Crippen LogP contribution in [-0.4, -0.2) is 10.9 Å². The summed E-state index contributed by atoms with van der Waals surface area (Å²) in [6.07, 6.45) is 0. The Bertz CT molecular complexity index is 1020. The van der Waals surface area contributed by atoms with Crippen molar-refractivity contribution in [3.05, 3.63) is 46.3 Å². The number of carbonyl (C=O) groups is 1. The molecule has 0 aliphatic rings. The normalized spacial score (nSPS) is 10.5. The van der Waals surface area contributed by atoms with Crippen LogP contribution in [0.25, 0.3) is 10.2 Å². The van der Waals surface area contributed by atoms with Gasteiger partial charge >= 0.3 is 0 Å². The number of nitrogens with zero attached hydrogens (tertiary/aromatic N) is 2. The molecule has 0 atom stereocenters. The monoisotopic (exact) mass is 345 g/mol. The molecule has 9 heteroatoms. The fourth-order valence-electron chi connectivity index (χ4n) is 2.08. The van der Waals surface area contributed by atoms with Crippen LogP contribution in [0.4, 0.5) is 26.0 Å². The quantitative estimate of drug-likeness (QED) is 0.660. The summed E-state index contributed by atoms with van der Waals surface area (Å²) in [6.45, 7) is 0. The maximum Gasteiger partial charge on any atom is 0.268 e. The predicted octanol–water partition coefficient (Wildman–Crippen LogP) is 2.86. The van der Waals surface area contributed by atoms with Gasteiger partial charge < -0.3 is 16.8 Å². The molecule has 2 aromatic heterocycles. The Balaban J connectivity index is 2.01. The topological polar surface area (TPSA) is 118 Å². The van der Waals surface area contributed by atoms with Crippen LogP contribution in [0.15, 0.2) is 24.3 Å². The van der Waals surface area contributed by atoms with E-state index in [0.29, 0.717) is 16.3 Å². The van der Waals surface area contributed by atoms with Crippen LogP contribution in [0.1, 0.15) is 15.2 Å². The molecule has 5 N–H and O–H groups in total. The first-order valence-electron chi connectivity index (χ1n) is 6.55. The van der Waals surface area contributed by atoms with Crippen molar-refractivity contribution in [3.8, 4) is 6.07 Å². The number of anilines is 3. The van der Waals surface area contributed by atoms with E-state index in [2.05, 4.69) is 10.3 Å². The molecule has 0 spiro atoms. The van der Waals surface area contributed by atoms with Crippen molar-refractivity contribution >= 4 is 44.7 Å². The Kier molecular flexibility index (Phi) is 3.75. The number of nitrogens with one attached hydrogen (secondary N) is 1. The Morgan fingerprint density at radius 3 is 2.71 bits per heavy atom. The molecule has 0 fully saturated rings. The number of amides is 1. The molecule has 1 amide bonds. The number of thiophene rings is 1. The SMILES string of the molecule is N#Cc1cc2c(N)c(C(=O)Nc3ccc(F)cc3F)sc2nc1N. The van der Waals surface area contributed by atoms with Gasteiger partial charge in [-0.25, -0.2) is 13.8 Å². The highest BCUT2D eigenvalue weighted by atomic mass is 32.1. The summed E-state index contributed by atoms with van der Waals surface area (Å²) in [7, 11) is 0. The summed E-state index contributed by atoms with van der Waals surface area (Å²) in [4.78, 5) is 16.8. The Labute approximate surface area is 138 Å². The van der Waals surface area contributed by atoms with Crippen LogP contribution in [0.3, 0.4) is 0 Å². The van der Waals surface area contributed by atoms with E-state index in [9.17, 15) is 13.6 Å². The van der Waals surface area contributed by atoms with Crippen LogP contribution < -0.4 is 16.8 Å². The number of hydrogen-bond acceptors (Lipinski definition) is 6. The molecule has 0 bridgehead atoms. The average Bonchev–Trinajstić information content (AvgIpc) is 2.85. The summed E-state index contributed by atoms with van der Waals surface area (Å²) in [5.74, 6) is -2.30. The highest BCUT2D eigenvalue weighted by Gasteiger charge is 2.20. The van der Waals surface area contributed by atoms with E-state index in [4.69, 9.17) is 16.7 Å². The van der Waals surface area contributed by atoms with Gasteiger partial charge in [-0.2, -0.15) is 5.26 Å². The summed E-state index contributed by atoms with van der Waals surface area (Å²) < 4.78 is 26.5. The van der Waals surface area contributed by atoms with Gasteiger partial charge in [0.05, 0.1) is 16.9 Å². The standard InChI is InChI=1S/C15H9F2N5OS/c16-7-1-2-10(9(17)4-7)21-14(23)12-11(19)8-3-6(5-18)13(20)22-15(8)24-12/h1-4H,19H2,(H2,20,22)(H,21,23). The van der Waals surface area contributed by atoms with Crippen molar-refractivity contribution in [1.82, 2.24) is 4.98 Å². The molecule has 24 heavy (non-hydrogen) atoms. The molecule has 2 heterocycles. The lowest BCUT2D eigenvalue weighted by atomic mass is 10.2. The van der Waals surface area contributed by atoms with Gasteiger partial charge in [-0.1, -0.05) is 0 Å². The lowest BCUT2D eigenvalue weighted by molar-refractivity contribution is 0.103. The zero-order valence-electron chi connectivity index (χ0n) is 11.9. The minimum atomic E-state index is -0.905. The zero-order valence-corrected chi connectivity index (χ0v) is 12.7. The summed E-state index contributed by atoms with van der Waals surface area (Å²) in [6, 6.07) is 6.11. The molecule has 1 aromatic carbocycles. The second kappa shape index (κ2) is 5.75. The highest BCUT2D eigenvalue weighted by molar-refractivity contribution is 7.21. The van der Waals surface area contributed by atoms with Crippen LogP contribution in [-0.2, 0) is 0 Å². The number of carbonyl (C=O) groups excluding carboxylic acids is 1. The van der Waals surface area contributed by atoms with Crippen molar-refractivity contribution in [3.63, 3.8) is 0 Å². The first kappa shape index (κ1) is 15.6. The molecule has 0 saturated heterocycles. The number of pyridine rings is 1.